The molecular formula is C19H24N4O3. The molecule has 7 nitrogen and oxygen atoms in total. The Balaban J connectivity index is 2.06. The number of aliphatic hydroxyl groups is 1. The van der Waals surface area contributed by atoms with Gasteiger partial charge in [0, 0.05) is 17.8 Å². The van der Waals surface area contributed by atoms with Crippen molar-refractivity contribution in [2.24, 2.45) is 5.92 Å². The van der Waals surface area contributed by atoms with Crippen LogP contribution in [0.4, 0.5) is 5.82 Å². The maximum absolute atomic E-state index is 9.59. The Morgan fingerprint density at radius 2 is 1.96 bits per heavy atom. The summed E-state index contributed by atoms with van der Waals surface area (Å²) >= 11 is 0. The quantitative estimate of drug-likeness (QED) is 0.677. The van der Waals surface area contributed by atoms with Gasteiger partial charge in [0.1, 0.15) is 17.3 Å². The fourth-order valence-electron chi connectivity index (χ4n) is 2.82. The van der Waals surface area contributed by atoms with Crippen LogP contribution >= 0.6 is 0 Å². The molecular weight excluding hydrogens is 332 g/mol. The molecule has 3 aromatic rings. The highest BCUT2D eigenvalue weighted by Crippen LogP contribution is 2.35. The van der Waals surface area contributed by atoms with Crippen molar-refractivity contribution in [3.63, 3.8) is 0 Å². The molecule has 2 aromatic heterocycles. The molecule has 0 aliphatic heterocycles. The van der Waals surface area contributed by atoms with E-state index < -0.39 is 0 Å². The highest BCUT2D eigenvalue weighted by atomic mass is 16.5. The zero-order valence-corrected chi connectivity index (χ0v) is 15.4. The fraction of sp³-hybridized carbons (Fsp3) is 0.368. The number of nitrogens with zero attached hydrogens (tertiary/aromatic N) is 3. The molecule has 0 unspecified atom stereocenters. The van der Waals surface area contributed by atoms with E-state index >= 15 is 0 Å². The molecule has 0 amide bonds. The normalized spacial score (nSPS) is 12.4. The van der Waals surface area contributed by atoms with E-state index in [2.05, 4.69) is 29.2 Å². The summed E-state index contributed by atoms with van der Waals surface area (Å²) in [5.41, 5.74) is 2.45. The second-order valence-electron chi connectivity index (χ2n) is 6.37. The molecule has 0 saturated heterocycles. The molecule has 0 bridgehead atoms. The highest BCUT2D eigenvalue weighted by molar-refractivity contribution is 5.82. The Labute approximate surface area is 152 Å². The summed E-state index contributed by atoms with van der Waals surface area (Å²) in [4.78, 5) is 4.49. The minimum Gasteiger partial charge on any atom is -0.497 e. The Hall–Kier alpha value is -2.80. The van der Waals surface area contributed by atoms with E-state index in [-0.39, 0.29) is 18.6 Å². The maximum atomic E-state index is 9.59. The summed E-state index contributed by atoms with van der Waals surface area (Å²) in [5.74, 6) is 2.47. The molecule has 0 radical (unpaired) electrons. The van der Waals surface area contributed by atoms with Crippen LogP contribution in [0.5, 0.6) is 11.5 Å². The predicted octanol–water partition coefficient (Wildman–Crippen LogP) is 2.84. The van der Waals surface area contributed by atoms with Gasteiger partial charge < -0.3 is 19.9 Å². The van der Waals surface area contributed by atoms with E-state index in [1.54, 1.807) is 31.1 Å². The molecule has 138 valence electrons. The van der Waals surface area contributed by atoms with Crippen molar-refractivity contribution in [2.75, 3.05) is 26.1 Å². The van der Waals surface area contributed by atoms with Gasteiger partial charge in [0.2, 0.25) is 0 Å². The smallest absolute Gasteiger partial charge is 0.165 e. The zero-order valence-electron chi connectivity index (χ0n) is 15.4. The van der Waals surface area contributed by atoms with Crippen LogP contribution in [0.15, 0.2) is 36.7 Å². The molecule has 1 aromatic carbocycles. The molecule has 0 fully saturated rings. The van der Waals surface area contributed by atoms with Gasteiger partial charge in [0.15, 0.2) is 5.65 Å². The van der Waals surface area contributed by atoms with Crippen molar-refractivity contribution in [1.29, 1.82) is 0 Å². The van der Waals surface area contributed by atoms with Gasteiger partial charge >= 0.3 is 0 Å². The van der Waals surface area contributed by atoms with Gasteiger partial charge in [-0.05, 0) is 24.1 Å². The minimum atomic E-state index is -0.0660. The molecule has 0 spiro atoms. The third kappa shape index (κ3) is 3.30. The number of ether oxygens (including phenoxy) is 2. The van der Waals surface area contributed by atoms with Gasteiger partial charge in [-0.2, -0.15) is 9.61 Å². The van der Waals surface area contributed by atoms with E-state index in [0.29, 0.717) is 11.4 Å². The summed E-state index contributed by atoms with van der Waals surface area (Å²) in [7, 11) is 3.24. The first kappa shape index (κ1) is 18.0. The van der Waals surface area contributed by atoms with Crippen LogP contribution in [0.2, 0.25) is 0 Å². The van der Waals surface area contributed by atoms with Crippen molar-refractivity contribution in [3.05, 3.63) is 36.7 Å². The third-order valence-electron chi connectivity index (χ3n) is 4.43. The molecule has 0 aliphatic carbocycles. The van der Waals surface area contributed by atoms with E-state index in [9.17, 15) is 5.11 Å². The van der Waals surface area contributed by atoms with E-state index in [0.717, 1.165) is 22.7 Å². The average molecular weight is 356 g/mol. The van der Waals surface area contributed by atoms with Crippen molar-refractivity contribution in [2.45, 2.75) is 19.9 Å². The van der Waals surface area contributed by atoms with Gasteiger partial charge in [0.05, 0.1) is 38.6 Å². The number of methoxy groups -OCH3 is 2. The zero-order chi connectivity index (χ0) is 18.7. The number of anilines is 1. The lowest BCUT2D eigenvalue weighted by Gasteiger charge is -2.21. The Morgan fingerprint density at radius 3 is 2.62 bits per heavy atom. The number of nitrogens with one attached hydrogen (secondary N) is 1. The van der Waals surface area contributed by atoms with Crippen LogP contribution < -0.4 is 14.8 Å². The van der Waals surface area contributed by atoms with Crippen LogP contribution in [0.25, 0.3) is 16.8 Å². The summed E-state index contributed by atoms with van der Waals surface area (Å²) < 4.78 is 12.5. The minimum absolute atomic E-state index is 0.0436. The van der Waals surface area contributed by atoms with E-state index in [1.807, 2.05) is 24.3 Å². The van der Waals surface area contributed by atoms with Crippen molar-refractivity contribution in [1.82, 2.24) is 14.6 Å². The lowest BCUT2D eigenvalue weighted by Crippen LogP contribution is -2.30. The van der Waals surface area contributed by atoms with Gasteiger partial charge in [-0.25, -0.2) is 4.98 Å². The summed E-state index contributed by atoms with van der Waals surface area (Å²) in [6, 6.07) is 7.43. The van der Waals surface area contributed by atoms with Crippen LogP contribution in [0.3, 0.4) is 0 Å². The molecule has 1 atom stereocenters. The number of aliphatic hydroxyl groups excluding tert-OH is 1. The second kappa shape index (κ2) is 7.61. The Morgan fingerprint density at radius 1 is 1.15 bits per heavy atom. The SMILES string of the molecule is COc1ccc(-c2cnn3c(N[C@H](CO)C(C)C)ccnc23)c(OC)c1. The van der Waals surface area contributed by atoms with Crippen LogP contribution in [0, 0.1) is 5.92 Å². The summed E-state index contributed by atoms with van der Waals surface area (Å²) in [5, 5.41) is 17.4. The maximum Gasteiger partial charge on any atom is 0.165 e. The van der Waals surface area contributed by atoms with Gasteiger partial charge in [-0.3, -0.25) is 0 Å². The van der Waals surface area contributed by atoms with E-state index in [1.165, 1.54) is 0 Å². The predicted molar refractivity (Wildman–Crippen MR) is 101 cm³/mol. The van der Waals surface area contributed by atoms with E-state index in [4.69, 9.17) is 9.47 Å². The van der Waals surface area contributed by atoms with Crippen molar-refractivity contribution in [3.8, 4) is 22.6 Å². The molecule has 0 aliphatic rings. The number of aromatic nitrogens is 3. The standard InChI is InChI=1S/C19H24N4O3/c1-12(2)16(11-24)22-18-7-8-20-19-15(10-21-23(18)19)14-6-5-13(25-3)9-17(14)26-4/h5-10,12,16,22,24H,11H2,1-4H3/t16-/m1/s1. The van der Waals surface area contributed by atoms with Crippen LogP contribution in [-0.4, -0.2) is 46.6 Å². The lowest BCUT2D eigenvalue weighted by atomic mass is 10.1. The monoisotopic (exact) mass is 356 g/mol. The summed E-state index contributed by atoms with van der Waals surface area (Å²) in [6.07, 6.45) is 3.49. The number of hydrogen-bond acceptors (Lipinski definition) is 6. The molecule has 0 saturated carbocycles. The van der Waals surface area contributed by atoms with Crippen LogP contribution in [0.1, 0.15) is 13.8 Å². The highest BCUT2D eigenvalue weighted by Gasteiger charge is 2.17. The second-order valence-corrected chi connectivity index (χ2v) is 6.37. The number of benzene rings is 1. The topological polar surface area (TPSA) is 80.9 Å². The van der Waals surface area contributed by atoms with Crippen molar-refractivity contribution < 1.29 is 14.6 Å². The Kier molecular flexibility index (Phi) is 5.27. The molecule has 2 N–H and O–H groups in total. The van der Waals surface area contributed by atoms with Crippen molar-refractivity contribution >= 4 is 11.5 Å². The lowest BCUT2D eigenvalue weighted by molar-refractivity contribution is 0.249. The van der Waals surface area contributed by atoms with Gasteiger partial charge in [-0.15, -0.1) is 0 Å². The molecule has 26 heavy (non-hydrogen) atoms. The number of rotatable bonds is 7. The fourth-order valence-corrected chi connectivity index (χ4v) is 2.82. The summed E-state index contributed by atoms with van der Waals surface area (Å²) in [6.45, 7) is 4.16. The molecule has 7 heteroatoms. The first-order valence-corrected chi connectivity index (χ1v) is 8.51. The first-order chi connectivity index (χ1) is 12.6. The Bertz CT molecular complexity index is 892. The first-order valence-electron chi connectivity index (χ1n) is 8.51. The average Bonchev–Trinajstić information content (AvgIpc) is 3.09. The largest absolute Gasteiger partial charge is 0.497 e. The third-order valence-corrected chi connectivity index (χ3v) is 4.43. The van der Waals surface area contributed by atoms with Gasteiger partial charge in [0.25, 0.3) is 0 Å². The molecule has 2 heterocycles. The molecule has 3 rings (SSSR count). The number of hydrogen-bond donors (Lipinski definition) is 2. The van der Waals surface area contributed by atoms with Crippen LogP contribution in [-0.2, 0) is 0 Å². The number of fused-ring (bicyclic) bond motifs is 1. The van der Waals surface area contributed by atoms with Gasteiger partial charge in [-0.1, -0.05) is 13.8 Å².